The quantitative estimate of drug-likeness (QED) is 0.138. The molecule has 0 spiro atoms. The summed E-state index contributed by atoms with van der Waals surface area (Å²) in [6.07, 6.45) is -0.793. The lowest BCUT2D eigenvalue weighted by atomic mass is 10.0. The largest absolute Gasteiger partial charge is 0.481 e. The zero-order valence-electron chi connectivity index (χ0n) is 24.3. The fourth-order valence-electron chi connectivity index (χ4n) is 3.99. The minimum atomic E-state index is -1.54. The molecular formula is C30H39N5O8. The van der Waals surface area contributed by atoms with Gasteiger partial charge in [-0.2, -0.15) is 0 Å². The summed E-state index contributed by atoms with van der Waals surface area (Å²) in [5.74, 6) is -6.13. The maximum atomic E-state index is 13.6. The fraction of sp³-hybridized carbons (Fsp3) is 0.400. The van der Waals surface area contributed by atoms with Crippen LogP contribution in [-0.4, -0.2) is 76.0 Å². The van der Waals surface area contributed by atoms with Crippen LogP contribution in [0.3, 0.4) is 0 Å². The summed E-state index contributed by atoms with van der Waals surface area (Å²) in [5, 5.41) is 28.4. The van der Waals surface area contributed by atoms with Crippen LogP contribution >= 0.6 is 0 Å². The highest BCUT2D eigenvalue weighted by atomic mass is 16.4. The molecule has 0 heterocycles. The molecule has 0 bridgehead atoms. The minimum absolute atomic E-state index is 0.0154. The van der Waals surface area contributed by atoms with Crippen LogP contribution in [0.4, 0.5) is 0 Å². The van der Waals surface area contributed by atoms with E-state index in [1.807, 2.05) is 0 Å². The normalized spacial score (nSPS) is 14.3. The van der Waals surface area contributed by atoms with Crippen molar-refractivity contribution in [1.29, 1.82) is 0 Å². The van der Waals surface area contributed by atoms with Crippen molar-refractivity contribution in [1.82, 2.24) is 21.3 Å². The number of carbonyl (C=O) groups excluding carboxylic acids is 4. The van der Waals surface area contributed by atoms with Crippen molar-refractivity contribution in [3.05, 3.63) is 71.8 Å². The zero-order valence-corrected chi connectivity index (χ0v) is 24.3. The standard InChI is InChI=1S/C30H39N5O8/c1-17(2)25(31)29(41)35-23(16-24(36)37)28(40)34-22(15-20-12-8-5-9-13-20)27(39)33-21(14-19-10-6-4-7-11-19)26(38)32-18(3)30(42)43/h4-13,17-18,21-23,25H,14-16,31H2,1-3H3,(H,32,38)(H,33,39)(H,34,40)(H,35,41)(H,36,37)(H,42,43). The molecule has 4 amide bonds. The molecule has 13 nitrogen and oxygen atoms in total. The molecule has 43 heavy (non-hydrogen) atoms. The highest BCUT2D eigenvalue weighted by Gasteiger charge is 2.32. The van der Waals surface area contributed by atoms with Gasteiger partial charge in [0.15, 0.2) is 0 Å². The first-order valence-electron chi connectivity index (χ1n) is 13.8. The molecule has 0 aliphatic heterocycles. The second kappa shape index (κ2) is 16.6. The number of rotatable bonds is 16. The van der Waals surface area contributed by atoms with Gasteiger partial charge in [-0.05, 0) is 24.0 Å². The number of carboxylic acids is 2. The number of aliphatic carboxylic acids is 2. The Hall–Kier alpha value is -4.78. The second-order valence-corrected chi connectivity index (χ2v) is 10.5. The Balaban J connectivity index is 2.35. The van der Waals surface area contributed by atoms with E-state index in [0.717, 1.165) is 0 Å². The van der Waals surface area contributed by atoms with Crippen LogP contribution in [0, 0.1) is 5.92 Å². The van der Waals surface area contributed by atoms with Gasteiger partial charge in [0, 0.05) is 12.8 Å². The van der Waals surface area contributed by atoms with Crippen molar-refractivity contribution in [2.75, 3.05) is 0 Å². The van der Waals surface area contributed by atoms with E-state index in [2.05, 4.69) is 21.3 Å². The Labute approximate surface area is 249 Å². The summed E-state index contributed by atoms with van der Waals surface area (Å²) in [6.45, 7) is 4.66. The van der Waals surface area contributed by atoms with Crippen LogP contribution in [-0.2, 0) is 41.6 Å². The lowest BCUT2D eigenvalue weighted by molar-refractivity contribution is -0.141. The monoisotopic (exact) mass is 597 g/mol. The second-order valence-electron chi connectivity index (χ2n) is 10.5. The van der Waals surface area contributed by atoms with Gasteiger partial charge in [0.2, 0.25) is 23.6 Å². The first kappa shape index (κ1) is 34.4. The fourth-order valence-corrected chi connectivity index (χ4v) is 3.99. The van der Waals surface area contributed by atoms with Crippen molar-refractivity contribution in [2.24, 2.45) is 11.7 Å². The minimum Gasteiger partial charge on any atom is -0.481 e. The molecule has 0 aliphatic rings. The number of nitrogens with one attached hydrogen (secondary N) is 4. The lowest BCUT2D eigenvalue weighted by Crippen LogP contribution is -2.59. The average molecular weight is 598 g/mol. The maximum Gasteiger partial charge on any atom is 0.325 e. The number of carboxylic acid groups (broad SMARTS) is 2. The number of carbonyl (C=O) groups is 6. The Bertz CT molecular complexity index is 1270. The van der Waals surface area contributed by atoms with Crippen molar-refractivity contribution in [2.45, 2.75) is 70.2 Å². The molecule has 5 atom stereocenters. The van der Waals surface area contributed by atoms with Gasteiger partial charge in [0.05, 0.1) is 12.5 Å². The van der Waals surface area contributed by atoms with Crippen molar-refractivity contribution >= 4 is 35.6 Å². The molecule has 13 heteroatoms. The molecule has 2 aromatic carbocycles. The van der Waals surface area contributed by atoms with Gasteiger partial charge in [-0.1, -0.05) is 74.5 Å². The predicted octanol–water partition coefficient (Wildman–Crippen LogP) is -0.0265. The third-order valence-corrected chi connectivity index (χ3v) is 6.59. The van der Waals surface area contributed by atoms with E-state index < -0.39 is 72.2 Å². The molecule has 0 fully saturated rings. The van der Waals surface area contributed by atoms with Gasteiger partial charge in [0.25, 0.3) is 0 Å². The molecule has 0 saturated carbocycles. The van der Waals surface area contributed by atoms with E-state index >= 15 is 0 Å². The average Bonchev–Trinajstić information content (AvgIpc) is 2.96. The van der Waals surface area contributed by atoms with Crippen molar-refractivity contribution in [3.63, 3.8) is 0 Å². The first-order valence-corrected chi connectivity index (χ1v) is 13.8. The van der Waals surface area contributed by atoms with Gasteiger partial charge in [0.1, 0.15) is 24.2 Å². The molecule has 0 radical (unpaired) electrons. The summed E-state index contributed by atoms with van der Waals surface area (Å²) < 4.78 is 0. The topological polar surface area (TPSA) is 217 Å². The molecule has 232 valence electrons. The van der Waals surface area contributed by atoms with Gasteiger partial charge < -0.3 is 37.2 Å². The Morgan fingerprint density at radius 3 is 1.42 bits per heavy atom. The molecule has 0 aromatic heterocycles. The van der Waals surface area contributed by atoms with Crippen LogP contribution in [0.5, 0.6) is 0 Å². The summed E-state index contributed by atoms with van der Waals surface area (Å²) in [5.41, 5.74) is 7.19. The molecule has 2 aromatic rings. The van der Waals surface area contributed by atoms with Crippen molar-refractivity contribution in [3.8, 4) is 0 Å². The highest BCUT2D eigenvalue weighted by molar-refractivity contribution is 5.96. The van der Waals surface area contributed by atoms with E-state index in [4.69, 9.17) is 5.73 Å². The predicted molar refractivity (Wildman–Crippen MR) is 156 cm³/mol. The molecule has 2 rings (SSSR count). The number of hydrogen-bond acceptors (Lipinski definition) is 7. The Morgan fingerprint density at radius 2 is 1.02 bits per heavy atom. The van der Waals surface area contributed by atoms with Crippen LogP contribution in [0.15, 0.2) is 60.7 Å². The van der Waals surface area contributed by atoms with E-state index in [9.17, 15) is 39.0 Å². The van der Waals surface area contributed by atoms with Gasteiger partial charge in [-0.15, -0.1) is 0 Å². The van der Waals surface area contributed by atoms with Gasteiger partial charge in [-0.25, -0.2) is 0 Å². The van der Waals surface area contributed by atoms with E-state index in [-0.39, 0.29) is 18.8 Å². The summed E-state index contributed by atoms with van der Waals surface area (Å²) in [6, 6.07) is 11.1. The van der Waals surface area contributed by atoms with Crippen LogP contribution in [0.25, 0.3) is 0 Å². The summed E-state index contributed by atoms with van der Waals surface area (Å²) in [7, 11) is 0. The number of hydrogen-bond donors (Lipinski definition) is 7. The molecule has 0 saturated heterocycles. The first-order chi connectivity index (χ1) is 20.3. The summed E-state index contributed by atoms with van der Waals surface area (Å²) in [4.78, 5) is 75.4. The Morgan fingerprint density at radius 1 is 0.628 bits per heavy atom. The third kappa shape index (κ3) is 11.6. The van der Waals surface area contributed by atoms with E-state index in [0.29, 0.717) is 11.1 Å². The number of amides is 4. The van der Waals surface area contributed by atoms with Crippen LogP contribution in [0.2, 0.25) is 0 Å². The maximum absolute atomic E-state index is 13.6. The smallest absolute Gasteiger partial charge is 0.325 e. The molecule has 8 N–H and O–H groups in total. The molecule has 0 aliphatic carbocycles. The van der Waals surface area contributed by atoms with Crippen LogP contribution < -0.4 is 27.0 Å². The number of benzene rings is 2. The number of nitrogens with two attached hydrogens (primary N) is 1. The van der Waals surface area contributed by atoms with E-state index in [1.54, 1.807) is 74.5 Å². The van der Waals surface area contributed by atoms with E-state index in [1.165, 1.54) is 6.92 Å². The molecule has 5 unspecified atom stereocenters. The lowest BCUT2D eigenvalue weighted by Gasteiger charge is -2.26. The van der Waals surface area contributed by atoms with Gasteiger partial charge in [-0.3, -0.25) is 28.8 Å². The Kier molecular flexibility index (Phi) is 13.3. The van der Waals surface area contributed by atoms with Crippen LogP contribution in [0.1, 0.15) is 38.3 Å². The zero-order chi connectivity index (χ0) is 32.1. The third-order valence-electron chi connectivity index (χ3n) is 6.59. The summed E-state index contributed by atoms with van der Waals surface area (Å²) >= 11 is 0. The SMILES string of the molecule is CC(NC(=O)C(Cc1ccccc1)NC(=O)C(Cc1ccccc1)NC(=O)C(CC(=O)O)NC(=O)C(N)C(C)C)C(=O)O. The highest BCUT2D eigenvalue weighted by Crippen LogP contribution is 2.09. The van der Waals surface area contributed by atoms with Crippen molar-refractivity contribution < 1.29 is 39.0 Å². The van der Waals surface area contributed by atoms with Gasteiger partial charge >= 0.3 is 11.9 Å². The molecular weight excluding hydrogens is 558 g/mol.